The summed E-state index contributed by atoms with van der Waals surface area (Å²) in [6.07, 6.45) is 0. The summed E-state index contributed by atoms with van der Waals surface area (Å²) in [5.41, 5.74) is 18.3. The van der Waals surface area contributed by atoms with Crippen molar-refractivity contribution in [2.24, 2.45) is 0 Å². The lowest BCUT2D eigenvalue weighted by Crippen LogP contribution is -2.28. The number of hydrogen-bond donors (Lipinski definition) is 0. The number of anilines is 3. The first-order chi connectivity index (χ1) is 35.7. The number of rotatable bonds is 7. The van der Waals surface area contributed by atoms with E-state index in [0.29, 0.717) is 0 Å². The van der Waals surface area contributed by atoms with Crippen LogP contribution in [-0.2, 0) is 5.41 Å². The van der Waals surface area contributed by atoms with Gasteiger partial charge in [0.05, 0.1) is 11.1 Å². The van der Waals surface area contributed by atoms with Crippen LogP contribution in [-0.4, -0.2) is 0 Å². The monoisotopic (exact) mass is 917 g/mol. The van der Waals surface area contributed by atoms with Gasteiger partial charge in [0.15, 0.2) is 0 Å². The van der Waals surface area contributed by atoms with E-state index in [1.807, 2.05) is 0 Å². The third-order valence-corrected chi connectivity index (χ3v) is 15.3. The normalized spacial score (nSPS) is 12.8. The van der Waals surface area contributed by atoms with Gasteiger partial charge >= 0.3 is 0 Å². The van der Waals surface area contributed by atoms with Gasteiger partial charge in [-0.1, -0.05) is 182 Å². The number of hydrogen-bond acceptors (Lipinski definition) is 3. The maximum atomic E-state index is 6.40. The van der Waals surface area contributed by atoms with Crippen LogP contribution in [0.15, 0.2) is 270 Å². The van der Waals surface area contributed by atoms with Crippen molar-refractivity contribution in [2.45, 2.75) is 5.41 Å². The summed E-state index contributed by atoms with van der Waals surface area (Å²) in [6, 6.07) is 95.1. The summed E-state index contributed by atoms with van der Waals surface area (Å²) in [5.74, 6) is 0. The van der Waals surface area contributed by atoms with Crippen LogP contribution < -0.4 is 4.90 Å². The first kappa shape index (κ1) is 40.4. The molecule has 0 amide bonds. The molecule has 0 fully saturated rings. The Bertz CT molecular complexity index is 4200. The van der Waals surface area contributed by atoms with E-state index < -0.39 is 5.41 Å². The minimum atomic E-state index is -0.534. The van der Waals surface area contributed by atoms with Crippen LogP contribution in [0.2, 0.25) is 0 Å². The van der Waals surface area contributed by atoms with Gasteiger partial charge in [-0.25, -0.2) is 0 Å². The van der Waals surface area contributed by atoms with Gasteiger partial charge in [0, 0.05) is 38.5 Å². The highest BCUT2D eigenvalue weighted by Crippen LogP contribution is 2.59. The first-order valence-electron chi connectivity index (χ1n) is 24.7. The SMILES string of the molecule is c1ccc(C2(c3ccccc3)c3ccccc3-c3c(N(c4ccc(-c5ccc6oc7cc8ccccc8cc7c6c5)cc4)c4ccc(-c5ccc6oc7cc8ccccc8cc7c6c5)cc4)cccc32)cc1. The Hall–Kier alpha value is -9.44. The molecule has 2 aromatic heterocycles. The molecule has 1 aliphatic carbocycles. The molecule has 15 rings (SSSR count). The summed E-state index contributed by atoms with van der Waals surface area (Å²) in [5, 5.41) is 9.26. The summed E-state index contributed by atoms with van der Waals surface area (Å²) in [4.78, 5) is 2.45. The molecule has 0 saturated carbocycles. The Balaban J connectivity index is 0.893. The van der Waals surface area contributed by atoms with Crippen molar-refractivity contribution in [3.05, 3.63) is 283 Å². The van der Waals surface area contributed by atoms with E-state index in [4.69, 9.17) is 8.83 Å². The lowest BCUT2D eigenvalue weighted by Gasteiger charge is -2.34. The molecule has 0 spiro atoms. The molecule has 0 N–H and O–H groups in total. The van der Waals surface area contributed by atoms with E-state index in [0.717, 1.165) is 83.2 Å². The van der Waals surface area contributed by atoms with Crippen LogP contribution in [0.3, 0.4) is 0 Å². The molecule has 0 radical (unpaired) electrons. The summed E-state index contributed by atoms with van der Waals surface area (Å²) in [6.45, 7) is 0. The van der Waals surface area contributed by atoms with Crippen molar-refractivity contribution < 1.29 is 8.83 Å². The molecule has 0 bridgehead atoms. The van der Waals surface area contributed by atoms with Crippen molar-refractivity contribution in [1.29, 1.82) is 0 Å². The zero-order chi connectivity index (χ0) is 47.3. The van der Waals surface area contributed by atoms with Gasteiger partial charge in [-0.3, -0.25) is 0 Å². The molecule has 0 atom stereocenters. The number of nitrogens with zero attached hydrogens (tertiary/aromatic N) is 1. The van der Waals surface area contributed by atoms with Crippen molar-refractivity contribution in [3.8, 4) is 33.4 Å². The van der Waals surface area contributed by atoms with E-state index in [2.05, 4.69) is 266 Å². The van der Waals surface area contributed by atoms with Crippen LogP contribution >= 0.6 is 0 Å². The van der Waals surface area contributed by atoms with Gasteiger partial charge < -0.3 is 13.7 Å². The van der Waals surface area contributed by atoms with Gasteiger partial charge in [-0.05, 0) is 150 Å². The van der Waals surface area contributed by atoms with Crippen LogP contribution in [0.1, 0.15) is 22.3 Å². The molecular formula is C69H43NO2. The first-order valence-corrected chi connectivity index (χ1v) is 24.7. The molecule has 2 heterocycles. The minimum Gasteiger partial charge on any atom is -0.456 e. The zero-order valence-electron chi connectivity index (χ0n) is 39.1. The molecule has 336 valence electrons. The van der Waals surface area contributed by atoms with Gasteiger partial charge in [0.25, 0.3) is 0 Å². The van der Waals surface area contributed by atoms with Crippen molar-refractivity contribution in [2.75, 3.05) is 4.90 Å². The standard InChI is InChI=1S/C69H43NO2/c1-3-18-52(19-4-1)69(53-20-5-2-6-21-53)61-23-12-11-22-56(61)68-62(69)24-13-25-63(68)70(54-32-26-44(27-33-54)50-30-36-64-57(40-50)59-38-46-14-7-9-16-48(46)42-66(59)71-64)55-34-28-45(29-35-55)51-31-37-65-58(41-51)60-39-47-15-8-10-17-49(47)43-67(60)72-65/h1-43H. The Morgan fingerprint density at radius 3 is 1.22 bits per heavy atom. The number of fused-ring (bicyclic) bond motifs is 11. The third kappa shape index (κ3) is 6.11. The molecular weight excluding hydrogens is 875 g/mol. The second-order valence-corrected chi connectivity index (χ2v) is 19.2. The van der Waals surface area contributed by atoms with Gasteiger partial charge in [0.1, 0.15) is 22.3 Å². The molecule has 0 aliphatic heterocycles. The fourth-order valence-electron chi connectivity index (χ4n) is 12.0. The molecule has 0 unspecified atom stereocenters. The van der Waals surface area contributed by atoms with E-state index in [-0.39, 0.29) is 0 Å². The van der Waals surface area contributed by atoms with E-state index >= 15 is 0 Å². The van der Waals surface area contributed by atoms with E-state index in [1.165, 1.54) is 54.9 Å². The highest BCUT2D eigenvalue weighted by molar-refractivity contribution is 6.12. The quantitative estimate of drug-likeness (QED) is 0.160. The van der Waals surface area contributed by atoms with Crippen LogP contribution in [0.5, 0.6) is 0 Å². The van der Waals surface area contributed by atoms with Crippen LogP contribution in [0.4, 0.5) is 17.1 Å². The van der Waals surface area contributed by atoms with Crippen molar-refractivity contribution >= 4 is 82.5 Å². The Morgan fingerprint density at radius 1 is 0.292 bits per heavy atom. The molecule has 3 heteroatoms. The largest absolute Gasteiger partial charge is 0.456 e. The molecule has 72 heavy (non-hydrogen) atoms. The summed E-state index contributed by atoms with van der Waals surface area (Å²) in [7, 11) is 0. The van der Waals surface area contributed by atoms with Crippen molar-refractivity contribution in [1.82, 2.24) is 0 Å². The second-order valence-electron chi connectivity index (χ2n) is 19.2. The smallest absolute Gasteiger partial charge is 0.136 e. The lowest BCUT2D eigenvalue weighted by molar-refractivity contribution is 0.669. The summed E-state index contributed by atoms with van der Waals surface area (Å²) < 4.78 is 12.8. The zero-order valence-corrected chi connectivity index (χ0v) is 39.1. The molecule has 1 aliphatic rings. The average molecular weight is 918 g/mol. The highest BCUT2D eigenvalue weighted by atomic mass is 16.3. The van der Waals surface area contributed by atoms with E-state index in [9.17, 15) is 0 Å². The minimum absolute atomic E-state index is 0.534. The predicted octanol–water partition coefficient (Wildman–Crippen LogP) is 19.0. The maximum Gasteiger partial charge on any atom is 0.136 e. The number of furan rings is 2. The Kier molecular flexibility index (Phi) is 8.87. The average Bonchev–Trinajstić information content (AvgIpc) is 4.10. The third-order valence-electron chi connectivity index (χ3n) is 15.3. The topological polar surface area (TPSA) is 29.5 Å². The lowest BCUT2D eigenvalue weighted by atomic mass is 9.68. The fourth-order valence-corrected chi connectivity index (χ4v) is 12.0. The maximum absolute atomic E-state index is 6.40. The van der Waals surface area contributed by atoms with Gasteiger partial charge in [0.2, 0.25) is 0 Å². The molecule has 3 nitrogen and oxygen atoms in total. The van der Waals surface area contributed by atoms with Crippen LogP contribution in [0.25, 0.3) is 98.8 Å². The highest BCUT2D eigenvalue weighted by Gasteiger charge is 2.47. The van der Waals surface area contributed by atoms with Crippen LogP contribution in [0, 0.1) is 0 Å². The second kappa shape index (κ2) is 15.8. The van der Waals surface area contributed by atoms with Crippen molar-refractivity contribution in [3.63, 3.8) is 0 Å². The van der Waals surface area contributed by atoms with E-state index in [1.54, 1.807) is 0 Å². The Labute approximate surface area is 416 Å². The molecule has 0 saturated heterocycles. The fraction of sp³-hybridized carbons (Fsp3) is 0.0145. The molecule has 12 aromatic carbocycles. The van der Waals surface area contributed by atoms with Gasteiger partial charge in [-0.2, -0.15) is 0 Å². The Morgan fingerprint density at radius 2 is 0.708 bits per heavy atom. The predicted molar refractivity (Wildman–Crippen MR) is 299 cm³/mol. The molecule has 14 aromatic rings. The summed E-state index contributed by atoms with van der Waals surface area (Å²) >= 11 is 0. The van der Waals surface area contributed by atoms with Gasteiger partial charge in [-0.15, -0.1) is 0 Å². The number of benzene rings is 12.